The van der Waals surface area contributed by atoms with Crippen LogP contribution in [0.2, 0.25) is 0 Å². The fourth-order valence-electron chi connectivity index (χ4n) is 2.73. The van der Waals surface area contributed by atoms with Crippen LogP contribution in [0.5, 0.6) is 0 Å². The van der Waals surface area contributed by atoms with Gasteiger partial charge in [0.15, 0.2) is 0 Å². The second kappa shape index (κ2) is 7.22. The molecule has 0 saturated heterocycles. The van der Waals surface area contributed by atoms with Crippen molar-refractivity contribution in [3.63, 3.8) is 0 Å². The Kier molecular flexibility index (Phi) is 5.05. The van der Waals surface area contributed by atoms with E-state index in [1.54, 1.807) is 0 Å². The molecule has 1 heterocycles. The highest BCUT2D eigenvalue weighted by Gasteiger charge is 2.36. The molecular formula is C20H26N2O2. The Balaban J connectivity index is 1.45. The van der Waals surface area contributed by atoms with E-state index in [4.69, 9.17) is 4.42 Å². The summed E-state index contributed by atoms with van der Waals surface area (Å²) in [6.45, 7) is 7.54. The average molecular weight is 326 g/mol. The predicted octanol–water partition coefficient (Wildman–Crippen LogP) is 4.29. The van der Waals surface area contributed by atoms with Gasteiger partial charge in [-0.1, -0.05) is 32.9 Å². The van der Waals surface area contributed by atoms with E-state index in [0.29, 0.717) is 5.92 Å². The first-order valence-corrected chi connectivity index (χ1v) is 8.72. The van der Waals surface area contributed by atoms with Gasteiger partial charge in [0.1, 0.15) is 11.5 Å². The van der Waals surface area contributed by atoms with Crippen LogP contribution in [-0.4, -0.2) is 5.91 Å². The number of carbonyl (C=O) groups excluding carboxylic acids is 1. The first kappa shape index (κ1) is 16.8. The van der Waals surface area contributed by atoms with Crippen LogP contribution in [0.15, 0.2) is 40.8 Å². The van der Waals surface area contributed by atoms with Crippen molar-refractivity contribution in [1.82, 2.24) is 5.32 Å². The number of nitrogens with one attached hydrogen (secondary N) is 2. The van der Waals surface area contributed by atoms with Crippen molar-refractivity contribution in [2.24, 2.45) is 11.8 Å². The van der Waals surface area contributed by atoms with Crippen LogP contribution in [0.3, 0.4) is 0 Å². The summed E-state index contributed by atoms with van der Waals surface area (Å²) in [6, 6.07) is 12.1. The van der Waals surface area contributed by atoms with E-state index in [9.17, 15) is 4.79 Å². The molecule has 2 unspecified atom stereocenters. The van der Waals surface area contributed by atoms with E-state index >= 15 is 0 Å². The summed E-state index contributed by atoms with van der Waals surface area (Å²) >= 11 is 0. The molecule has 1 fully saturated rings. The lowest BCUT2D eigenvalue weighted by Crippen LogP contribution is -2.17. The monoisotopic (exact) mass is 326 g/mol. The highest BCUT2D eigenvalue weighted by molar-refractivity contribution is 5.92. The third-order valence-electron chi connectivity index (χ3n) is 4.53. The number of carbonyl (C=O) groups is 1. The zero-order chi connectivity index (χ0) is 17.1. The van der Waals surface area contributed by atoms with Crippen LogP contribution in [0.1, 0.15) is 50.2 Å². The number of benzene rings is 1. The molecule has 2 atom stereocenters. The molecule has 0 aliphatic heterocycles. The Morgan fingerprint density at radius 3 is 2.50 bits per heavy atom. The topological polar surface area (TPSA) is 54.3 Å². The Morgan fingerprint density at radius 2 is 1.88 bits per heavy atom. The van der Waals surface area contributed by atoms with Crippen LogP contribution in [-0.2, 0) is 17.9 Å². The predicted molar refractivity (Wildman–Crippen MR) is 95.7 cm³/mol. The van der Waals surface area contributed by atoms with Gasteiger partial charge >= 0.3 is 0 Å². The number of amides is 1. The van der Waals surface area contributed by atoms with E-state index in [2.05, 4.69) is 29.7 Å². The maximum atomic E-state index is 11.7. The third-order valence-corrected chi connectivity index (χ3v) is 4.53. The Bertz CT molecular complexity index is 688. The quantitative estimate of drug-likeness (QED) is 0.798. The summed E-state index contributed by atoms with van der Waals surface area (Å²) in [5.41, 5.74) is 2.02. The molecule has 2 aromatic rings. The van der Waals surface area contributed by atoms with Gasteiger partial charge in [-0.25, -0.2) is 0 Å². The molecule has 2 N–H and O–H groups in total. The summed E-state index contributed by atoms with van der Waals surface area (Å²) < 4.78 is 5.89. The Labute approximate surface area is 143 Å². The van der Waals surface area contributed by atoms with Gasteiger partial charge in [-0.15, -0.1) is 0 Å². The smallest absolute Gasteiger partial charge is 0.226 e. The second-order valence-corrected chi connectivity index (χ2v) is 7.07. The van der Waals surface area contributed by atoms with Gasteiger partial charge in [0.05, 0.1) is 6.54 Å². The van der Waals surface area contributed by atoms with Gasteiger partial charge in [-0.3, -0.25) is 4.79 Å². The van der Waals surface area contributed by atoms with Gasteiger partial charge in [0.2, 0.25) is 5.91 Å². The number of hydrogen-bond donors (Lipinski definition) is 2. The highest BCUT2D eigenvalue weighted by Crippen LogP contribution is 2.47. The summed E-state index contributed by atoms with van der Waals surface area (Å²) in [4.78, 5) is 11.7. The Hall–Kier alpha value is -2.07. The van der Waals surface area contributed by atoms with E-state index < -0.39 is 0 Å². The van der Waals surface area contributed by atoms with Gasteiger partial charge in [0, 0.05) is 24.1 Å². The molecule has 128 valence electrons. The number of anilines is 1. The maximum Gasteiger partial charge on any atom is 0.226 e. The van der Waals surface area contributed by atoms with Crippen LogP contribution in [0, 0.1) is 11.8 Å². The number of rotatable bonds is 7. The molecule has 3 rings (SSSR count). The zero-order valence-corrected chi connectivity index (χ0v) is 14.6. The van der Waals surface area contributed by atoms with Crippen LogP contribution >= 0.6 is 0 Å². The molecule has 1 saturated carbocycles. The fraction of sp³-hybridized carbons (Fsp3) is 0.450. The maximum absolute atomic E-state index is 11.7. The van der Waals surface area contributed by atoms with Gasteiger partial charge in [0.25, 0.3) is 0 Å². The molecule has 1 amide bonds. The third kappa shape index (κ3) is 4.26. The van der Waals surface area contributed by atoms with E-state index in [0.717, 1.165) is 36.2 Å². The van der Waals surface area contributed by atoms with E-state index in [-0.39, 0.29) is 11.8 Å². The lowest BCUT2D eigenvalue weighted by Gasteiger charge is -2.09. The first-order chi connectivity index (χ1) is 11.5. The molecule has 0 radical (unpaired) electrons. The minimum Gasteiger partial charge on any atom is -0.464 e. The Morgan fingerprint density at radius 1 is 1.17 bits per heavy atom. The van der Waals surface area contributed by atoms with Crippen molar-refractivity contribution in [2.45, 2.75) is 46.2 Å². The molecule has 4 heteroatoms. The largest absolute Gasteiger partial charge is 0.464 e. The SMILES string of the molecule is CC(C)C(=O)Nc1ccc(CNCc2ccc(C3CC3C)o2)cc1. The molecular weight excluding hydrogens is 300 g/mol. The summed E-state index contributed by atoms with van der Waals surface area (Å²) in [7, 11) is 0. The normalized spacial score (nSPS) is 19.5. The van der Waals surface area contributed by atoms with Crippen molar-refractivity contribution in [2.75, 3.05) is 5.32 Å². The molecule has 0 bridgehead atoms. The summed E-state index contributed by atoms with van der Waals surface area (Å²) in [6.07, 6.45) is 1.25. The lowest BCUT2D eigenvalue weighted by atomic mass is 10.1. The standard InChI is InChI=1S/C20H26N2O2/c1-13(2)20(23)22-16-6-4-15(5-7-16)11-21-12-17-8-9-19(24-17)18-10-14(18)3/h4-9,13-14,18,21H,10-12H2,1-3H3,(H,22,23). The molecule has 0 spiro atoms. The molecule has 1 aromatic carbocycles. The van der Waals surface area contributed by atoms with Gasteiger partial charge in [-0.05, 0) is 42.2 Å². The van der Waals surface area contributed by atoms with E-state index in [1.165, 1.54) is 12.0 Å². The van der Waals surface area contributed by atoms with E-state index in [1.807, 2.05) is 38.1 Å². The number of hydrogen-bond acceptors (Lipinski definition) is 3. The summed E-state index contributed by atoms with van der Waals surface area (Å²) in [5.74, 6) is 3.55. The number of furan rings is 1. The van der Waals surface area contributed by atoms with Crippen LogP contribution in [0.25, 0.3) is 0 Å². The van der Waals surface area contributed by atoms with Crippen molar-refractivity contribution in [1.29, 1.82) is 0 Å². The van der Waals surface area contributed by atoms with Crippen LogP contribution in [0.4, 0.5) is 5.69 Å². The van der Waals surface area contributed by atoms with Crippen molar-refractivity contribution in [3.05, 3.63) is 53.5 Å². The highest BCUT2D eigenvalue weighted by atomic mass is 16.3. The van der Waals surface area contributed by atoms with Crippen molar-refractivity contribution >= 4 is 11.6 Å². The van der Waals surface area contributed by atoms with Gasteiger partial charge in [-0.2, -0.15) is 0 Å². The molecule has 24 heavy (non-hydrogen) atoms. The lowest BCUT2D eigenvalue weighted by molar-refractivity contribution is -0.118. The van der Waals surface area contributed by atoms with Crippen molar-refractivity contribution in [3.8, 4) is 0 Å². The molecule has 1 aliphatic carbocycles. The molecule has 1 aromatic heterocycles. The molecule has 1 aliphatic rings. The first-order valence-electron chi connectivity index (χ1n) is 8.72. The molecule has 4 nitrogen and oxygen atoms in total. The zero-order valence-electron chi connectivity index (χ0n) is 14.6. The van der Waals surface area contributed by atoms with Crippen molar-refractivity contribution < 1.29 is 9.21 Å². The summed E-state index contributed by atoms with van der Waals surface area (Å²) in [5, 5.41) is 6.30. The van der Waals surface area contributed by atoms with Gasteiger partial charge < -0.3 is 15.1 Å². The fourth-order valence-corrected chi connectivity index (χ4v) is 2.73. The minimum atomic E-state index is -0.0110. The minimum absolute atomic E-state index is 0.0110. The average Bonchev–Trinajstić information content (AvgIpc) is 3.10. The van der Waals surface area contributed by atoms with Crippen LogP contribution < -0.4 is 10.6 Å². The second-order valence-electron chi connectivity index (χ2n) is 7.07.